The van der Waals surface area contributed by atoms with Gasteiger partial charge in [-0.2, -0.15) is 0 Å². The molecule has 0 aliphatic carbocycles. The Bertz CT molecular complexity index is 359. The van der Waals surface area contributed by atoms with Crippen molar-refractivity contribution in [3.63, 3.8) is 0 Å². The second kappa shape index (κ2) is 7.00. The van der Waals surface area contributed by atoms with Crippen LogP contribution >= 0.6 is 0 Å². The van der Waals surface area contributed by atoms with Crippen LogP contribution in [0.4, 0.5) is 4.39 Å². The first kappa shape index (κ1) is 16.6. The van der Waals surface area contributed by atoms with Gasteiger partial charge < -0.3 is 20.3 Å². The van der Waals surface area contributed by atoms with Crippen molar-refractivity contribution >= 4 is 5.91 Å². The van der Waals surface area contributed by atoms with Crippen LogP contribution in [-0.2, 0) is 9.53 Å². The number of likely N-dealkylation sites (N-methyl/N-ethyl adjacent to an activating group) is 1. The molecule has 2 fully saturated rings. The number of alkyl halides is 1. The van der Waals surface area contributed by atoms with Crippen LogP contribution in [0, 0.1) is 0 Å². The minimum atomic E-state index is -1.12. The lowest BCUT2D eigenvalue weighted by Gasteiger charge is -2.40. The standard InChI is InChI=1S/C14H27FN4O2/c1-9(2)21-12-4-5-19(6-10(12)15)14(20)11-7-18(3)8-13(16)17-11/h9-13,17H,4-8,16H2,1-3H3/t10-,11?,12+,13?/m1/s1. The van der Waals surface area contributed by atoms with Gasteiger partial charge in [-0.05, 0) is 27.3 Å². The molecule has 2 rings (SSSR count). The summed E-state index contributed by atoms with van der Waals surface area (Å²) in [5.74, 6) is -0.0670. The summed E-state index contributed by atoms with van der Waals surface area (Å²) in [4.78, 5) is 16.1. The molecule has 0 bridgehead atoms. The lowest BCUT2D eigenvalue weighted by atomic mass is 10.0. The van der Waals surface area contributed by atoms with E-state index >= 15 is 0 Å². The van der Waals surface area contributed by atoms with Gasteiger partial charge in [0.2, 0.25) is 5.91 Å². The second-order valence-corrected chi connectivity index (χ2v) is 6.36. The highest BCUT2D eigenvalue weighted by molar-refractivity contribution is 5.82. The Morgan fingerprint density at radius 1 is 1.38 bits per heavy atom. The molecule has 2 aliphatic heterocycles. The van der Waals surface area contributed by atoms with Crippen molar-refractivity contribution < 1.29 is 13.9 Å². The molecule has 0 aromatic rings. The molecule has 6 nitrogen and oxygen atoms in total. The number of amides is 1. The van der Waals surface area contributed by atoms with Crippen LogP contribution in [0.25, 0.3) is 0 Å². The van der Waals surface area contributed by atoms with Gasteiger partial charge in [0.05, 0.1) is 24.9 Å². The number of hydrogen-bond acceptors (Lipinski definition) is 5. The van der Waals surface area contributed by atoms with Crippen LogP contribution in [0.3, 0.4) is 0 Å². The topological polar surface area (TPSA) is 70.8 Å². The predicted molar refractivity (Wildman–Crippen MR) is 78.5 cm³/mol. The fraction of sp³-hybridized carbons (Fsp3) is 0.929. The number of piperidine rings is 1. The number of rotatable bonds is 3. The number of carbonyl (C=O) groups is 1. The van der Waals surface area contributed by atoms with E-state index in [1.165, 1.54) is 0 Å². The molecule has 2 unspecified atom stereocenters. The summed E-state index contributed by atoms with van der Waals surface area (Å²) < 4.78 is 19.7. The molecule has 2 aliphatic rings. The van der Waals surface area contributed by atoms with E-state index in [2.05, 4.69) is 5.32 Å². The third-order valence-corrected chi connectivity index (χ3v) is 3.96. The maximum Gasteiger partial charge on any atom is 0.241 e. The van der Waals surface area contributed by atoms with E-state index in [1.807, 2.05) is 25.8 Å². The Balaban J connectivity index is 1.89. The first-order valence-electron chi connectivity index (χ1n) is 7.65. The lowest BCUT2D eigenvalue weighted by molar-refractivity contribution is -0.142. The Kier molecular flexibility index (Phi) is 5.54. The third-order valence-electron chi connectivity index (χ3n) is 3.96. The fourth-order valence-corrected chi connectivity index (χ4v) is 3.04. The number of piperazine rings is 1. The second-order valence-electron chi connectivity index (χ2n) is 6.36. The van der Waals surface area contributed by atoms with Gasteiger partial charge in [-0.1, -0.05) is 0 Å². The van der Waals surface area contributed by atoms with Crippen LogP contribution in [0.1, 0.15) is 20.3 Å². The van der Waals surface area contributed by atoms with E-state index in [9.17, 15) is 9.18 Å². The Labute approximate surface area is 125 Å². The molecule has 0 aromatic carbocycles. The van der Waals surface area contributed by atoms with Crippen molar-refractivity contribution in [1.29, 1.82) is 0 Å². The quantitative estimate of drug-likeness (QED) is 0.738. The molecule has 7 heteroatoms. The summed E-state index contributed by atoms with van der Waals surface area (Å²) in [7, 11) is 1.93. The van der Waals surface area contributed by atoms with Crippen molar-refractivity contribution in [1.82, 2.24) is 15.1 Å². The van der Waals surface area contributed by atoms with Crippen LogP contribution in [0.2, 0.25) is 0 Å². The maximum atomic E-state index is 14.2. The van der Waals surface area contributed by atoms with Gasteiger partial charge >= 0.3 is 0 Å². The van der Waals surface area contributed by atoms with Crippen molar-refractivity contribution in [2.24, 2.45) is 5.73 Å². The first-order chi connectivity index (χ1) is 9.86. The van der Waals surface area contributed by atoms with Gasteiger partial charge in [0, 0.05) is 19.6 Å². The van der Waals surface area contributed by atoms with Gasteiger partial charge in [-0.25, -0.2) is 4.39 Å². The van der Waals surface area contributed by atoms with E-state index in [4.69, 9.17) is 10.5 Å². The zero-order valence-electron chi connectivity index (χ0n) is 13.1. The number of nitrogens with zero attached hydrogens (tertiary/aromatic N) is 2. The van der Waals surface area contributed by atoms with Gasteiger partial charge in [-0.15, -0.1) is 0 Å². The number of hydrogen-bond donors (Lipinski definition) is 2. The fourth-order valence-electron chi connectivity index (χ4n) is 3.04. The van der Waals surface area contributed by atoms with Gasteiger partial charge in [0.1, 0.15) is 12.2 Å². The summed E-state index contributed by atoms with van der Waals surface area (Å²) in [5, 5.41) is 3.09. The van der Waals surface area contributed by atoms with E-state index in [0.717, 1.165) is 0 Å². The minimum absolute atomic E-state index is 0.00200. The highest BCUT2D eigenvalue weighted by Crippen LogP contribution is 2.20. The minimum Gasteiger partial charge on any atom is -0.372 e. The van der Waals surface area contributed by atoms with Gasteiger partial charge in [0.25, 0.3) is 0 Å². The summed E-state index contributed by atoms with van der Waals surface area (Å²) >= 11 is 0. The summed E-state index contributed by atoms with van der Waals surface area (Å²) in [5.41, 5.74) is 5.87. The van der Waals surface area contributed by atoms with Crippen molar-refractivity contribution in [3.8, 4) is 0 Å². The Morgan fingerprint density at radius 2 is 2.10 bits per heavy atom. The molecule has 21 heavy (non-hydrogen) atoms. The zero-order chi connectivity index (χ0) is 15.6. The average molecular weight is 302 g/mol. The number of carbonyl (C=O) groups excluding carboxylic acids is 1. The molecule has 4 atom stereocenters. The number of halogens is 1. The molecule has 0 saturated carbocycles. The first-order valence-corrected chi connectivity index (χ1v) is 7.65. The monoisotopic (exact) mass is 302 g/mol. The number of nitrogens with one attached hydrogen (secondary N) is 1. The molecule has 0 spiro atoms. The highest BCUT2D eigenvalue weighted by Gasteiger charge is 2.36. The molecule has 0 radical (unpaired) electrons. The van der Waals surface area contributed by atoms with Crippen molar-refractivity contribution in [3.05, 3.63) is 0 Å². The van der Waals surface area contributed by atoms with Crippen LogP contribution in [-0.4, -0.2) is 79.5 Å². The molecule has 1 amide bonds. The molecule has 3 N–H and O–H groups in total. The van der Waals surface area contributed by atoms with Crippen LogP contribution in [0.15, 0.2) is 0 Å². The molecule has 0 aromatic heterocycles. The number of nitrogens with two attached hydrogens (primary N) is 1. The van der Waals surface area contributed by atoms with Crippen LogP contribution < -0.4 is 11.1 Å². The zero-order valence-corrected chi connectivity index (χ0v) is 13.1. The van der Waals surface area contributed by atoms with E-state index in [1.54, 1.807) is 4.90 Å². The van der Waals surface area contributed by atoms with E-state index in [0.29, 0.717) is 26.1 Å². The van der Waals surface area contributed by atoms with Gasteiger partial charge in [-0.3, -0.25) is 10.1 Å². The van der Waals surface area contributed by atoms with Crippen molar-refractivity contribution in [2.75, 3.05) is 33.2 Å². The molecule has 2 saturated heterocycles. The number of likely N-dealkylation sites (tertiary alicyclic amines) is 1. The predicted octanol–water partition coefficient (Wildman–Crippen LogP) is -0.461. The Hall–Kier alpha value is -0.760. The smallest absolute Gasteiger partial charge is 0.241 e. The summed E-state index contributed by atoms with van der Waals surface area (Å²) in [6, 6.07) is -0.353. The van der Waals surface area contributed by atoms with E-state index in [-0.39, 0.29) is 30.8 Å². The van der Waals surface area contributed by atoms with Crippen LogP contribution in [0.5, 0.6) is 0 Å². The number of ether oxygens (including phenoxy) is 1. The summed E-state index contributed by atoms with van der Waals surface area (Å²) in [6.07, 6.45) is -1.21. The highest BCUT2D eigenvalue weighted by atomic mass is 19.1. The Morgan fingerprint density at radius 3 is 2.67 bits per heavy atom. The molecule has 2 heterocycles. The van der Waals surface area contributed by atoms with E-state index < -0.39 is 12.3 Å². The third kappa shape index (κ3) is 4.35. The molecular formula is C14H27FN4O2. The SMILES string of the molecule is CC(C)O[C@H]1CCN(C(=O)C2CN(C)CC(N)N2)C[C@H]1F. The average Bonchev–Trinajstić information content (AvgIpc) is 2.38. The largest absolute Gasteiger partial charge is 0.372 e. The van der Waals surface area contributed by atoms with Crippen molar-refractivity contribution in [2.45, 2.75) is 50.9 Å². The normalized spacial score (nSPS) is 35.2. The molecule has 122 valence electrons. The summed E-state index contributed by atoms with van der Waals surface area (Å²) in [6.45, 7) is 5.74. The molecular weight excluding hydrogens is 275 g/mol. The lowest BCUT2D eigenvalue weighted by Crippen LogP contribution is -2.64. The van der Waals surface area contributed by atoms with Gasteiger partial charge in [0.15, 0.2) is 0 Å². The maximum absolute atomic E-state index is 14.2.